The Balaban J connectivity index is 1.65. The highest BCUT2D eigenvalue weighted by atomic mass is 32.1. The summed E-state index contributed by atoms with van der Waals surface area (Å²) >= 11 is 1.48. The molecule has 0 saturated carbocycles. The molecule has 1 aliphatic rings. The number of thiazole rings is 1. The Kier molecular flexibility index (Phi) is 5.82. The minimum Gasteiger partial charge on any atom is -0.492 e. The number of nitrogens with zero attached hydrogens (tertiary/aromatic N) is 4. The predicted molar refractivity (Wildman–Crippen MR) is 111 cm³/mol. The van der Waals surface area contributed by atoms with Crippen molar-refractivity contribution in [1.82, 2.24) is 19.5 Å². The third-order valence-corrected chi connectivity index (χ3v) is 6.51. The van der Waals surface area contributed by atoms with E-state index < -0.39 is 0 Å². The summed E-state index contributed by atoms with van der Waals surface area (Å²) in [6.45, 7) is 5.78. The first kappa shape index (κ1) is 19.8. The molecule has 3 aromatic rings. The van der Waals surface area contributed by atoms with E-state index in [-0.39, 0.29) is 23.8 Å². The number of aromatic hydroxyl groups is 1. The molecule has 1 unspecified atom stereocenters. The van der Waals surface area contributed by atoms with Gasteiger partial charge < -0.3 is 9.84 Å². The van der Waals surface area contributed by atoms with Gasteiger partial charge in [0, 0.05) is 6.42 Å². The molecule has 0 aliphatic carbocycles. The third kappa shape index (κ3) is 3.86. The van der Waals surface area contributed by atoms with E-state index in [1.807, 2.05) is 32.0 Å². The highest BCUT2D eigenvalue weighted by molar-refractivity contribution is 7.17. The third-order valence-electron chi connectivity index (χ3n) is 5.44. The molecule has 2 aromatic heterocycles. The summed E-state index contributed by atoms with van der Waals surface area (Å²) < 4.78 is 6.74. The predicted octanol–water partition coefficient (Wildman–Crippen LogP) is 3.42. The fourth-order valence-corrected chi connectivity index (χ4v) is 5.07. The van der Waals surface area contributed by atoms with E-state index in [2.05, 4.69) is 27.1 Å². The van der Waals surface area contributed by atoms with Crippen molar-refractivity contribution in [2.45, 2.75) is 39.2 Å². The molecule has 0 spiro atoms. The van der Waals surface area contributed by atoms with Crippen molar-refractivity contribution in [3.63, 3.8) is 0 Å². The van der Waals surface area contributed by atoms with Crippen LogP contribution in [-0.4, -0.2) is 50.3 Å². The maximum absolute atomic E-state index is 12.1. The van der Waals surface area contributed by atoms with Gasteiger partial charge in [0.15, 0.2) is 5.82 Å². The Bertz CT molecular complexity index is 977. The Morgan fingerprint density at radius 2 is 2.00 bits per heavy atom. The minimum atomic E-state index is -0.0999. The monoisotopic (exact) mass is 414 g/mol. The number of esters is 1. The van der Waals surface area contributed by atoms with Crippen LogP contribution in [0.2, 0.25) is 0 Å². The lowest BCUT2D eigenvalue weighted by atomic mass is 9.94. The summed E-state index contributed by atoms with van der Waals surface area (Å²) in [5.41, 5.74) is 1.11. The second-order valence-corrected chi connectivity index (χ2v) is 8.25. The van der Waals surface area contributed by atoms with Gasteiger partial charge in [0.25, 0.3) is 0 Å². The van der Waals surface area contributed by atoms with Crippen LogP contribution in [-0.2, 0) is 16.0 Å². The van der Waals surface area contributed by atoms with E-state index in [1.165, 1.54) is 11.3 Å². The van der Waals surface area contributed by atoms with E-state index in [0.717, 1.165) is 48.6 Å². The van der Waals surface area contributed by atoms with E-state index >= 15 is 0 Å². The molecule has 3 heterocycles. The van der Waals surface area contributed by atoms with Crippen molar-refractivity contribution in [1.29, 1.82) is 0 Å². The number of aryl methyl sites for hydroxylation is 1. The number of rotatable bonds is 6. The summed E-state index contributed by atoms with van der Waals surface area (Å²) in [7, 11) is 0. The molecule has 1 saturated heterocycles. The molecule has 0 radical (unpaired) electrons. The maximum atomic E-state index is 12.1. The van der Waals surface area contributed by atoms with Crippen LogP contribution in [0.1, 0.15) is 49.0 Å². The largest absolute Gasteiger partial charge is 0.492 e. The molecule has 7 nitrogen and oxygen atoms in total. The van der Waals surface area contributed by atoms with E-state index in [1.54, 1.807) is 4.52 Å². The van der Waals surface area contributed by atoms with Crippen molar-refractivity contribution >= 4 is 22.3 Å². The number of piperidine rings is 1. The van der Waals surface area contributed by atoms with Crippen LogP contribution in [0, 0.1) is 5.92 Å². The second kappa shape index (κ2) is 8.51. The lowest BCUT2D eigenvalue weighted by molar-refractivity contribution is -0.149. The van der Waals surface area contributed by atoms with Gasteiger partial charge in [-0.2, -0.15) is 4.52 Å². The molecule has 1 N–H and O–H groups in total. The molecule has 4 rings (SSSR count). The van der Waals surface area contributed by atoms with E-state index in [0.29, 0.717) is 11.6 Å². The van der Waals surface area contributed by atoms with Crippen LogP contribution in [0.4, 0.5) is 0 Å². The highest BCUT2D eigenvalue weighted by Crippen LogP contribution is 2.41. The number of carbonyl (C=O) groups is 1. The number of fused-ring (bicyclic) bond motifs is 1. The molecule has 154 valence electrons. The average molecular weight is 415 g/mol. The van der Waals surface area contributed by atoms with Gasteiger partial charge >= 0.3 is 5.97 Å². The van der Waals surface area contributed by atoms with Crippen LogP contribution in [0.5, 0.6) is 5.88 Å². The first-order chi connectivity index (χ1) is 14.1. The number of likely N-dealkylation sites (tertiary alicyclic amines) is 1. The van der Waals surface area contributed by atoms with Crippen molar-refractivity contribution in [3.05, 3.63) is 46.6 Å². The fourth-order valence-electron chi connectivity index (χ4n) is 3.94. The quantitative estimate of drug-likeness (QED) is 0.623. The molecular weight excluding hydrogens is 388 g/mol. The standard InChI is InChI=1S/C21H26N4O3S/c1-3-16-22-21-25(23-16)19(26)18(29-21)17(14-8-6-5-7-9-14)24-12-10-15(11-13-24)20(27)28-4-2/h5-9,15,17,26H,3-4,10-13H2,1-2H3. The molecule has 1 aliphatic heterocycles. The Morgan fingerprint density at radius 3 is 2.62 bits per heavy atom. The van der Waals surface area contributed by atoms with Crippen molar-refractivity contribution in [3.8, 4) is 5.88 Å². The summed E-state index contributed by atoms with van der Waals surface area (Å²) in [5.74, 6) is 0.728. The number of ether oxygens (including phenoxy) is 1. The van der Waals surface area contributed by atoms with Gasteiger partial charge in [-0.25, -0.2) is 4.98 Å². The summed E-state index contributed by atoms with van der Waals surface area (Å²) in [6, 6.07) is 10.1. The van der Waals surface area contributed by atoms with Gasteiger partial charge in [0.1, 0.15) is 0 Å². The lowest BCUT2D eigenvalue weighted by Crippen LogP contribution is -2.39. The highest BCUT2D eigenvalue weighted by Gasteiger charge is 2.34. The zero-order valence-corrected chi connectivity index (χ0v) is 17.6. The first-order valence-corrected chi connectivity index (χ1v) is 11.0. The molecule has 1 atom stereocenters. The fraction of sp³-hybridized carbons (Fsp3) is 0.476. The Morgan fingerprint density at radius 1 is 1.28 bits per heavy atom. The Hall–Kier alpha value is -2.45. The molecule has 8 heteroatoms. The van der Waals surface area contributed by atoms with Gasteiger partial charge in [0.05, 0.1) is 23.4 Å². The number of benzene rings is 1. The second-order valence-electron chi connectivity index (χ2n) is 7.24. The summed E-state index contributed by atoms with van der Waals surface area (Å²) in [5, 5.41) is 15.4. The minimum absolute atomic E-state index is 0.0503. The SMILES string of the molecule is CCOC(=O)C1CCN(C(c2ccccc2)c2sc3nc(CC)nn3c2O)CC1. The molecule has 29 heavy (non-hydrogen) atoms. The lowest BCUT2D eigenvalue weighted by Gasteiger charge is -2.36. The topological polar surface area (TPSA) is 80.0 Å². The molecule has 1 aromatic carbocycles. The zero-order chi connectivity index (χ0) is 20.4. The van der Waals surface area contributed by atoms with Crippen LogP contribution in [0.3, 0.4) is 0 Å². The van der Waals surface area contributed by atoms with Crippen LogP contribution in [0.15, 0.2) is 30.3 Å². The number of carbonyl (C=O) groups excluding carboxylic acids is 1. The molecule has 1 fully saturated rings. The van der Waals surface area contributed by atoms with Crippen molar-refractivity contribution in [2.75, 3.05) is 19.7 Å². The molecular formula is C21H26N4O3S. The first-order valence-electron chi connectivity index (χ1n) is 10.1. The van der Waals surface area contributed by atoms with Gasteiger partial charge in [-0.15, -0.1) is 5.10 Å². The number of aromatic nitrogens is 3. The van der Waals surface area contributed by atoms with Gasteiger partial charge in [-0.3, -0.25) is 9.69 Å². The summed E-state index contributed by atoms with van der Waals surface area (Å²) in [6.07, 6.45) is 2.24. The zero-order valence-electron chi connectivity index (χ0n) is 16.7. The normalized spacial score (nSPS) is 16.9. The number of hydrogen-bond donors (Lipinski definition) is 1. The summed E-state index contributed by atoms with van der Waals surface area (Å²) in [4.78, 5) is 20.5. The molecule has 0 amide bonds. The van der Waals surface area contributed by atoms with Crippen molar-refractivity contribution in [2.24, 2.45) is 5.92 Å². The van der Waals surface area contributed by atoms with Crippen molar-refractivity contribution < 1.29 is 14.6 Å². The van der Waals surface area contributed by atoms with E-state index in [9.17, 15) is 9.90 Å². The van der Waals surface area contributed by atoms with E-state index in [4.69, 9.17) is 4.74 Å². The molecule has 0 bridgehead atoms. The maximum Gasteiger partial charge on any atom is 0.309 e. The van der Waals surface area contributed by atoms with Gasteiger partial charge in [-0.1, -0.05) is 48.6 Å². The van der Waals surface area contributed by atoms with Crippen LogP contribution < -0.4 is 0 Å². The van der Waals surface area contributed by atoms with Gasteiger partial charge in [0.2, 0.25) is 10.8 Å². The van der Waals surface area contributed by atoms with Gasteiger partial charge in [-0.05, 0) is 38.4 Å². The Labute approximate surface area is 173 Å². The number of hydrogen-bond acceptors (Lipinski definition) is 7. The van der Waals surface area contributed by atoms with Crippen LogP contribution >= 0.6 is 11.3 Å². The smallest absolute Gasteiger partial charge is 0.309 e. The van der Waals surface area contributed by atoms with Crippen LogP contribution in [0.25, 0.3) is 4.96 Å². The average Bonchev–Trinajstić information content (AvgIpc) is 3.29.